The molecule has 0 bridgehead atoms. The molecule has 0 saturated carbocycles. The summed E-state index contributed by atoms with van der Waals surface area (Å²) in [4.78, 5) is 11.9. The summed E-state index contributed by atoms with van der Waals surface area (Å²) in [7, 11) is 0. The third kappa shape index (κ3) is 5.11. The maximum Gasteiger partial charge on any atom is 0.416 e. The van der Waals surface area contributed by atoms with E-state index >= 15 is 0 Å². The molecular weight excluding hydrogens is 315 g/mol. The molecule has 5 heteroatoms. The molecule has 0 radical (unpaired) electrons. The van der Waals surface area contributed by atoms with Crippen molar-refractivity contribution < 1.29 is 18.0 Å². The van der Waals surface area contributed by atoms with Gasteiger partial charge in [-0.1, -0.05) is 36.4 Å². The number of alkyl halides is 3. The number of halogens is 3. The first-order chi connectivity index (χ1) is 11.0. The summed E-state index contributed by atoms with van der Waals surface area (Å²) < 4.78 is 37.7. The largest absolute Gasteiger partial charge is 0.416 e. The highest BCUT2D eigenvalue weighted by molar-refractivity contribution is 5.79. The van der Waals surface area contributed by atoms with Crippen LogP contribution in [-0.4, -0.2) is 11.4 Å². The van der Waals surface area contributed by atoms with Crippen LogP contribution in [0.5, 0.6) is 0 Å². The van der Waals surface area contributed by atoms with Gasteiger partial charge in [-0.3, -0.25) is 4.79 Å². The Balaban J connectivity index is 2.08. The highest BCUT2D eigenvalue weighted by Gasteiger charge is 2.29. The molecule has 0 aliphatic carbocycles. The molecule has 2 nitrogen and oxygen atoms in total. The van der Waals surface area contributed by atoms with Gasteiger partial charge >= 0.3 is 6.18 Å². The predicted molar refractivity (Wildman–Crippen MR) is 88.5 cm³/mol. The second-order valence-electron chi connectivity index (χ2n) is 6.75. The molecule has 2 rings (SSSR count). The third-order valence-electron chi connectivity index (χ3n) is 3.38. The van der Waals surface area contributed by atoms with E-state index in [1.807, 2.05) is 45.0 Å². The maximum absolute atomic E-state index is 12.6. The molecule has 2 aromatic carbocycles. The molecule has 1 amide bonds. The lowest BCUT2D eigenvalue weighted by Crippen LogP contribution is -2.41. The Morgan fingerprint density at radius 2 is 1.33 bits per heavy atom. The Bertz CT molecular complexity index is 695. The van der Waals surface area contributed by atoms with E-state index in [2.05, 4.69) is 5.32 Å². The summed E-state index contributed by atoms with van der Waals surface area (Å²) >= 11 is 0. The van der Waals surface area contributed by atoms with Crippen LogP contribution in [0.3, 0.4) is 0 Å². The number of carbonyl (C=O) groups is 1. The standard InChI is InChI=1S/C19H20F3NO/c1-18(2,3)23-17(24)12-13-4-6-14(7-5-13)15-8-10-16(11-9-15)19(20,21)22/h4-11H,12H2,1-3H3,(H,23,24). The number of hydrogen-bond acceptors (Lipinski definition) is 1. The van der Waals surface area contributed by atoms with Crippen LogP contribution in [0.1, 0.15) is 31.9 Å². The van der Waals surface area contributed by atoms with E-state index in [0.717, 1.165) is 23.3 Å². The summed E-state index contributed by atoms with van der Waals surface area (Å²) in [6, 6.07) is 12.3. The number of hydrogen-bond donors (Lipinski definition) is 1. The second kappa shape index (κ2) is 6.67. The minimum Gasteiger partial charge on any atom is -0.351 e. The van der Waals surface area contributed by atoms with Crippen molar-refractivity contribution >= 4 is 5.91 Å². The summed E-state index contributed by atoms with van der Waals surface area (Å²) in [5.41, 5.74) is 1.42. The van der Waals surface area contributed by atoms with Crippen molar-refractivity contribution in [3.05, 3.63) is 59.7 Å². The van der Waals surface area contributed by atoms with Gasteiger partial charge < -0.3 is 5.32 Å². The van der Waals surface area contributed by atoms with Crippen molar-refractivity contribution in [2.45, 2.75) is 38.9 Å². The van der Waals surface area contributed by atoms with Crippen molar-refractivity contribution in [3.63, 3.8) is 0 Å². The molecule has 0 aliphatic heterocycles. The molecule has 0 fully saturated rings. The lowest BCUT2D eigenvalue weighted by atomic mass is 10.0. The van der Waals surface area contributed by atoms with Crippen LogP contribution in [0.2, 0.25) is 0 Å². The molecule has 0 unspecified atom stereocenters. The molecule has 128 valence electrons. The van der Waals surface area contributed by atoms with Crippen LogP contribution in [0, 0.1) is 0 Å². The fourth-order valence-corrected chi connectivity index (χ4v) is 2.31. The zero-order valence-corrected chi connectivity index (χ0v) is 13.9. The van der Waals surface area contributed by atoms with Crippen LogP contribution in [0.25, 0.3) is 11.1 Å². The van der Waals surface area contributed by atoms with Crippen molar-refractivity contribution in [2.75, 3.05) is 0 Å². The molecule has 24 heavy (non-hydrogen) atoms. The smallest absolute Gasteiger partial charge is 0.351 e. The number of amides is 1. The highest BCUT2D eigenvalue weighted by Crippen LogP contribution is 2.31. The molecule has 0 saturated heterocycles. The zero-order chi connectivity index (χ0) is 18.0. The SMILES string of the molecule is CC(C)(C)NC(=O)Cc1ccc(-c2ccc(C(F)(F)F)cc2)cc1. The lowest BCUT2D eigenvalue weighted by molar-refractivity contribution is -0.137. The first-order valence-electron chi connectivity index (χ1n) is 7.62. The lowest BCUT2D eigenvalue weighted by Gasteiger charge is -2.20. The fraction of sp³-hybridized carbons (Fsp3) is 0.316. The van der Waals surface area contributed by atoms with Gasteiger partial charge in [-0.05, 0) is 49.6 Å². The van der Waals surface area contributed by atoms with Crippen molar-refractivity contribution in [2.24, 2.45) is 0 Å². The van der Waals surface area contributed by atoms with Crippen LogP contribution in [0.15, 0.2) is 48.5 Å². The quantitative estimate of drug-likeness (QED) is 0.855. The average molecular weight is 335 g/mol. The molecule has 0 heterocycles. The topological polar surface area (TPSA) is 29.1 Å². The van der Waals surface area contributed by atoms with E-state index in [1.54, 1.807) is 0 Å². The second-order valence-corrected chi connectivity index (χ2v) is 6.75. The summed E-state index contributed by atoms with van der Waals surface area (Å²) in [6.45, 7) is 5.75. The Hall–Kier alpha value is -2.30. The Morgan fingerprint density at radius 1 is 0.875 bits per heavy atom. The van der Waals surface area contributed by atoms with E-state index in [-0.39, 0.29) is 17.9 Å². The van der Waals surface area contributed by atoms with E-state index in [1.165, 1.54) is 12.1 Å². The first-order valence-corrected chi connectivity index (χ1v) is 7.62. The van der Waals surface area contributed by atoms with E-state index in [9.17, 15) is 18.0 Å². The van der Waals surface area contributed by atoms with Gasteiger partial charge in [-0.2, -0.15) is 13.2 Å². The van der Waals surface area contributed by atoms with Crippen LogP contribution < -0.4 is 5.32 Å². The monoisotopic (exact) mass is 335 g/mol. The van der Waals surface area contributed by atoms with Crippen molar-refractivity contribution in [1.29, 1.82) is 0 Å². The number of benzene rings is 2. The van der Waals surface area contributed by atoms with Crippen molar-refractivity contribution in [1.82, 2.24) is 5.32 Å². The van der Waals surface area contributed by atoms with E-state index in [0.29, 0.717) is 5.56 Å². The van der Waals surface area contributed by atoms with Gasteiger partial charge in [-0.25, -0.2) is 0 Å². The van der Waals surface area contributed by atoms with E-state index in [4.69, 9.17) is 0 Å². The molecule has 0 aliphatic rings. The average Bonchev–Trinajstić information content (AvgIpc) is 2.45. The van der Waals surface area contributed by atoms with Gasteiger partial charge in [0.1, 0.15) is 0 Å². The normalized spacial score (nSPS) is 12.1. The van der Waals surface area contributed by atoms with Gasteiger partial charge in [0.15, 0.2) is 0 Å². The van der Waals surface area contributed by atoms with Crippen molar-refractivity contribution in [3.8, 4) is 11.1 Å². The van der Waals surface area contributed by atoms with E-state index < -0.39 is 11.7 Å². The van der Waals surface area contributed by atoms with Gasteiger partial charge in [0.05, 0.1) is 12.0 Å². The van der Waals surface area contributed by atoms with Gasteiger partial charge in [-0.15, -0.1) is 0 Å². The van der Waals surface area contributed by atoms with Crippen LogP contribution in [0.4, 0.5) is 13.2 Å². The molecule has 2 aromatic rings. The van der Waals surface area contributed by atoms with Gasteiger partial charge in [0.2, 0.25) is 5.91 Å². The predicted octanol–water partition coefficient (Wildman–Crippen LogP) is 4.83. The molecule has 0 spiro atoms. The third-order valence-corrected chi connectivity index (χ3v) is 3.38. The Labute approximate surface area is 139 Å². The molecular formula is C19H20F3NO. The minimum atomic E-state index is -4.33. The minimum absolute atomic E-state index is 0.0650. The molecule has 0 aromatic heterocycles. The van der Waals surface area contributed by atoms with Crippen LogP contribution in [-0.2, 0) is 17.4 Å². The number of carbonyl (C=O) groups excluding carboxylic acids is 1. The Morgan fingerprint density at radius 3 is 1.75 bits per heavy atom. The Kier molecular flexibility index (Phi) is 5.02. The summed E-state index contributed by atoms with van der Waals surface area (Å²) in [6.07, 6.45) is -4.06. The molecule has 1 N–H and O–H groups in total. The summed E-state index contributed by atoms with van der Waals surface area (Å²) in [5.74, 6) is -0.0650. The number of nitrogens with one attached hydrogen (secondary N) is 1. The fourth-order valence-electron chi connectivity index (χ4n) is 2.31. The maximum atomic E-state index is 12.6. The first kappa shape index (κ1) is 18.0. The number of rotatable bonds is 3. The van der Waals surface area contributed by atoms with Gasteiger partial charge in [0.25, 0.3) is 0 Å². The van der Waals surface area contributed by atoms with Crippen LogP contribution >= 0.6 is 0 Å². The molecule has 0 atom stereocenters. The van der Waals surface area contributed by atoms with Gasteiger partial charge in [0, 0.05) is 5.54 Å². The zero-order valence-electron chi connectivity index (χ0n) is 13.9. The highest BCUT2D eigenvalue weighted by atomic mass is 19.4. The summed E-state index contributed by atoms with van der Waals surface area (Å²) in [5, 5.41) is 2.89.